The molecule has 1 saturated carbocycles. The number of nitrogens with one attached hydrogen (secondary N) is 3. The average Bonchev–Trinajstić information content (AvgIpc) is 2.97. The first-order chi connectivity index (χ1) is 7.22. The Kier molecular flexibility index (Phi) is 5.10. The van der Waals surface area contributed by atoms with E-state index in [-0.39, 0.29) is 11.8 Å². The molecule has 0 spiro atoms. The lowest BCUT2D eigenvalue weighted by Gasteiger charge is -2.05. The van der Waals surface area contributed by atoms with E-state index in [2.05, 4.69) is 16.0 Å². The van der Waals surface area contributed by atoms with E-state index in [1.165, 1.54) is 0 Å². The first kappa shape index (κ1) is 12.0. The standard InChI is InChI=1S/C10H19N3O2/c1-2-12-9(14)5-6-11-7-10(15)13-8-3-4-8/h8,11H,2-7H2,1H3,(H,12,14)(H,13,15). The minimum Gasteiger partial charge on any atom is -0.356 e. The maximum absolute atomic E-state index is 11.2. The van der Waals surface area contributed by atoms with E-state index < -0.39 is 0 Å². The van der Waals surface area contributed by atoms with E-state index in [4.69, 9.17) is 0 Å². The largest absolute Gasteiger partial charge is 0.356 e. The third-order valence-electron chi connectivity index (χ3n) is 2.13. The SMILES string of the molecule is CCNC(=O)CCNCC(=O)NC1CC1. The lowest BCUT2D eigenvalue weighted by atomic mass is 10.4. The van der Waals surface area contributed by atoms with Gasteiger partial charge in [0.05, 0.1) is 6.54 Å². The molecule has 0 saturated heterocycles. The van der Waals surface area contributed by atoms with Crippen LogP contribution in [0.4, 0.5) is 0 Å². The number of carbonyl (C=O) groups is 2. The monoisotopic (exact) mass is 213 g/mol. The summed E-state index contributed by atoms with van der Waals surface area (Å²) >= 11 is 0. The molecule has 86 valence electrons. The Morgan fingerprint density at radius 2 is 2.00 bits per heavy atom. The fourth-order valence-corrected chi connectivity index (χ4v) is 1.20. The van der Waals surface area contributed by atoms with Crippen LogP contribution in [0.15, 0.2) is 0 Å². The van der Waals surface area contributed by atoms with E-state index in [0.717, 1.165) is 12.8 Å². The van der Waals surface area contributed by atoms with Crippen molar-refractivity contribution in [1.82, 2.24) is 16.0 Å². The Morgan fingerprint density at radius 3 is 2.60 bits per heavy atom. The molecule has 0 aliphatic heterocycles. The molecule has 0 aromatic rings. The van der Waals surface area contributed by atoms with Gasteiger partial charge in [-0.05, 0) is 19.8 Å². The van der Waals surface area contributed by atoms with Crippen molar-refractivity contribution in [3.63, 3.8) is 0 Å². The van der Waals surface area contributed by atoms with Gasteiger partial charge in [0.2, 0.25) is 11.8 Å². The smallest absolute Gasteiger partial charge is 0.234 e. The van der Waals surface area contributed by atoms with E-state index in [1.54, 1.807) is 0 Å². The van der Waals surface area contributed by atoms with Gasteiger partial charge in [-0.25, -0.2) is 0 Å². The topological polar surface area (TPSA) is 70.2 Å². The molecule has 1 aliphatic carbocycles. The van der Waals surface area contributed by atoms with Crippen molar-refractivity contribution >= 4 is 11.8 Å². The average molecular weight is 213 g/mol. The predicted octanol–water partition coefficient (Wildman–Crippen LogP) is -0.619. The van der Waals surface area contributed by atoms with Crippen LogP contribution < -0.4 is 16.0 Å². The summed E-state index contributed by atoms with van der Waals surface area (Å²) in [6, 6.07) is 0.405. The molecule has 1 rings (SSSR count). The highest BCUT2D eigenvalue weighted by atomic mass is 16.2. The van der Waals surface area contributed by atoms with Crippen LogP contribution in [0, 0.1) is 0 Å². The number of hydrogen-bond donors (Lipinski definition) is 3. The minimum absolute atomic E-state index is 0.0209. The molecule has 0 bridgehead atoms. The third kappa shape index (κ3) is 6.06. The van der Waals surface area contributed by atoms with E-state index in [0.29, 0.717) is 32.1 Å². The molecule has 15 heavy (non-hydrogen) atoms. The summed E-state index contributed by atoms with van der Waals surface area (Å²) in [5.41, 5.74) is 0. The Labute approximate surface area is 90.0 Å². The van der Waals surface area contributed by atoms with Crippen LogP contribution in [0.1, 0.15) is 26.2 Å². The van der Waals surface area contributed by atoms with Crippen LogP contribution in [0.25, 0.3) is 0 Å². The number of carbonyl (C=O) groups excluding carboxylic acids is 2. The molecule has 3 N–H and O–H groups in total. The number of hydrogen-bond acceptors (Lipinski definition) is 3. The molecular weight excluding hydrogens is 194 g/mol. The second-order valence-electron chi connectivity index (χ2n) is 3.72. The minimum atomic E-state index is 0.0209. The molecule has 0 unspecified atom stereocenters. The highest BCUT2D eigenvalue weighted by molar-refractivity contribution is 5.79. The Balaban J connectivity index is 1.91. The predicted molar refractivity (Wildman–Crippen MR) is 57.3 cm³/mol. The zero-order valence-corrected chi connectivity index (χ0v) is 9.14. The summed E-state index contributed by atoms with van der Waals surface area (Å²) in [7, 11) is 0. The van der Waals surface area contributed by atoms with Gasteiger partial charge < -0.3 is 16.0 Å². The fourth-order valence-electron chi connectivity index (χ4n) is 1.20. The van der Waals surface area contributed by atoms with Gasteiger partial charge in [0.25, 0.3) is 0 Å². The van der Waals surface area contributed by atoms with Crippen LogP contribution in [-0.2, 0) is 9.59 Å². The molecule has 2 amide bonds. The lowest BCUT2D eigenvalue weighted by molar-refractivity contribution is -0.122. The van der Waals surface area contributed by atoms with Gasteiger partial charge >= 0.3 is 0 Å². The lowest BCUT2D eigenvalue weighted by Crippen LogP contribution is -2.36. The van der Waals surface area contributed by atoms with Gasteiger partial charge in [-0.2, -0.15) is 0 Å². The highest BCUT2D eigenvalue weighted by Crippen LogP contribution is 2.17. The van der Waals surface area contributed by atoms with Crippen LogP contribution >= 0.6 is 0 Å². The second kappa shape index (κ2) is 6.40. The summed E-state index contributed by atoms with van der Waals surface area (Å²) in [6.45, 7) is 3.38. The molecule has 0 radical (unpaired) electrons. The second-order valence-corrected chi connectivity index (χ2v) is 3.72. The van der Waals surface area contributed by atoms with Gasteiger partial charge in [-0.3, -0.25) is 9.59 Å². The van der Waals surface area contributed by atoms with Crippen molar-refractivity contribution in [2.45, 2.75) is 32.2 Å². The molecule has 5 heteroatoms. The summed E-state index contributed by atoms with van der Waals surface area (Å²) in [4.78, 5) is 22.2. The number of rotatable bonds is 7. The van der Waals surface area contributed by atoms with E-state index >= 15 is 0 Å². The zero-order chi connectivity index (χ0) is 11.1. The Morgan fingerprint density at radius 1 is 1.27 bits per heavy atom. The molecule has 0 heterocycles. The van der Waals surface area contributed by atoms with Gasteiger partial charge in [-0.15, -0.1) is 0 Å². The normalized spacial score (nSPS) is 14.7. The quantitative estimate of drug-likeness (QED) is 0.494. The van der Waals surface area contributed by atoms with Gasteiger partial charge in [0.1, 0.15) is 0 Å². The fraction of sp³-hybridized carbons (Fsp3) is 0.800. The summed E-state index contributed by atoms with van der Waals surface area (Å²) in [5.74, 6) is 0.0426. The zero-order valence-electron chi connectivity index (χ0n) is 9.14. The van der Waals surface area contributed by atoms with Crippen LogP contribution in [0.3, 0.4) is 0 Å². The van der Waals surface area contributed by atoms with Crippen molar-refractivity contribution in [2.75, 3.05) is 19.6 Å². The molecule has 1 aliphatic rings. The van der Waals surface area contributed by atoms with Crippen molar-refractivity contribution in [2.24, 2.45) is 0 Å². The van der Waals surface area contributed by atoms with E-state index in [1.807, 2.05) is 6.92 Å². The maximum atomic E-state index is 11.2. The van der Waals surface area contributed by atoms with Crippen LogP contribution in [-0.4, -0.2) is 37.5 Å². The first-order valence-corrected chi connectivity index (χ1v) is 5.49. The number of amides is 2. The molecular formula is C10H19N3O2. The molecule has 0 aromatic carbocycles. The molecule has 0 atom stereocenters. The van der Waals surface area contributed by atoms with Crippen molar-refractivity contribution in [1.29, 1.82) is 0 Å². The van der Waals surface area contributed by atoms with Crippen molar-refractivity contribution < 1.29 is 9.59 Å². The van der Waals surface area contributed by atoms with Crippen LogP contribution in [0.2, 0.25) is 0 Å². The Hall–Kier alpha value is -1.10. The summed E-state index contributed by atoms with van der Waals surface area (Å²) in [5, 5.41) is 8.50. The summed E-state index contributed by atoms with van der Waals surface area (Å²) in [6.07, 6.45) is 2.62. The molecule has 0 aromatic heterocycles. The van der Waals surface area contributed by atoms with Crippen LogP contribution in [0.5, 0.6) is 0 Å². The van der Waals surface area contributed by atoms with Gasteiger partial charge in [-0.1, -0.05) is 0 Å². The third-order valence-corrected chi connectivity index (χ3v) is 2.13. The highest BCUT2D eigenvalue weighted by Gasteiger charge is 2.22. The first-order valence-electron chi connectivity index (χ1n) is 5.49. The van der Waals surface area contributed by atoms with Crippen molar-refractivity contribution in [3.8, 4) is 0 Å². The van der Waals surface area contributed by atoms with Crippen molar-refractivity contribution in [3.05, 3.63) is 0 Å². The molecule has 5 nitrogen and oxygen atoms in total. The maximum Gasteiger partial charge on any atom is 0.234 e. The van der Waals surface area contributed by atoms with Gasteiger partial charge in [0, 0.05) is 25.6 Å². The molecule has 1 fully saturated rings. The van der Waals surface area contributed by atoms with Gasteiger partial charge in [0.15, 0.2) is 0 Å². The summed E-state index contributed by atoms with van der Waals surface area (Å²) < 4.78 is 0. The Bertz CT molecular complexity index is 227. The van der Waals surface area contributed by atoms with E-state index in [9.17, 15) is 9.59 Å².